The molecule has 6 aromatic rings. The molecule has 0 spiro atoms. The molecule has 2 aromatic carbocycles. The van der Waals surface area contributed by atoms with Crippen molar-refractivity contribution in [3.63, 3.8) is 0 Å². The number of benzene rings is 2. The number of para-hydroxylation sites is 1. The first-order valence-corrected chi connectivity index (χ1v) is 18.3. The Morgan fingerprint density at radius 1 is 0.717 bits per heavy atom. The van der Waals surface area contributed by atoms with E-state index in [1.807, 2.05) is 42.5 Å². The summed E-state index contributed by atoms with van der Waals surface area (Å²) in [6, 6.07) is 21.8. The number of nitrogens with one attached hydrogen (secondary N) is 2. The van der Waals surface area contributed by atoms with E-state index < -0.39 is 29.3 Å². The Labute approximate surface area is 309 Å². The smallest absolute Gasteiger partial charge is 0.434 e. The van der Waals surface area contributed by atoms with Crippen molar-refractivity contribution in [2.45, 2.75) is 17.7 Å². The number of carboxylic acid groups (broad SMARTS) is 1. The molecular formula is C36H33F3N6O6S2. The van der Waals surface area contributed by atoms with Crippen LogP contribution in [0.25, 0.3) is 11.4 Å². The molecule has 0 radical (unpaired) electrons. The number of hydrogen-bond acceptors (Lipinski definition) is 9. The fourth-order valence-corrected chi connectivity index (χ4v) is 6.21. The highest BCUT2D eigenvalue weighted by atomic mass is 32.2. The molecule has 276 valence electrons. The molecule has 0 aliphatic heterocycles. The third-order valence-electron chi connectivity index (χ3n) is 7.22. The largest absolute Gasteiger partial charge is 0.478 e. The van der Waals surface area contributed by atoms with Crippen LogP contribution < -0.4 is 10.6 Å². The van der Waals surface area contributed by atoms with Gasteiger partial charge in [0.25, 0.3) is 11.8 Å². The highest BCUT2D eigenvalue weighted by molar-refractivity contribution is 7.98. The van der Waals surface area contributed by atoms with Crippen LogP contribution in [0.1, 0.15) is 48.3 Å². The van der Waals surface area contributed by atoms with E-state index in [0.717, 1.165) is 47.0 Å². The Balaban J connectivity index is 0.000000211. The predicted octanol–water partition coefficient (Wildman–Crippen LogP) is 6.97. The molecule has 0 unspecified atom stereocenters. The molecule has 0 atom stereocenters. The zero-order chi connectivity index (χ0) is 37.6. The van der Waals surface area contributed by atoms with Crippen molar-refractivity contribution in [1.29, 1.82) is 0 Å². The van der Waals surface area contributed by atoms with Gasteiger partial charge in [-0.3, -0.25) is 9.59 Å². The van der Waals surface area contributed by atoms with Gasteiger partial charge >= 0.3 is 12.1 Å². The Kier molecular flexibility index (Phi) is 13.6. The van der Waals surface area contributed by atoms with Crippen LogP contribution in [0.15, 0.2) is 119 Å². The number of amides is 2. The van der Waals surface area contributed by atoms with Gasteiger partial charge in [0.1, 0.15) is 11.5 Å². The lowest BCUT2D eigenvalue weighted by Crippen LogP contribution is -2.28. The van der Waals surface area contributed by atoms with Crippen LogP contribution in [-0.2, 0) is 17.7 Å². The SMILES string of the molecule is O=C(NCCSCc1ccco1)c1cnn(-c2ccccc2)c1.O=C(O)c1ccc(-n2ncc(C(=O)NCCSCc3ccco3)c2C(F)(F)F)cc1. The Morgan fingerprint density at radius 2 is 1.32 bits per heavy atom. The number of alkyl halides is 3. The van der Waals surface area contributed by atoms with Crippen LogP contribution >= 0.6 is 23.5 Å². The van der Waals surface area contributed by atoms with Crippen molar-refractivity contribution in [2.75, 3.05) is 24.6 Å². The molecule has 2 amide bonds. The standard InChI is InChI=1S/C19H16F3N3O4S.C17H17N3O2S/c20-19(21,22)16-15(17(26)23-7-9-30-11-14-2-1-8-29-14)10-24-25(16)13-5-3-12(4-6-13)18(27)28;21-17(18-8-10-23-13-16-7-4-9-22-16)14-11-19-20(12-14)15-5-2-1-3-6-15/h1-6,8,10H,7,9,11H2,(H,23,26)(H,27,28);1-7,9,11-12H,8,10,13H2,(H,18,21). The average Bonchev–Trinajstić information content (AvgIpc) is 3.99. The summed E-state index contributed by atoms with van der Waals surface area (Å²) >= 11 is 3.19. The summed E-state index contributed by atoms with van der Waals surface area (Å²) in [6.07, 6.45) is 2.53. The molecule has 0 aliphatic rings. The lowest BCUT2D eigenvalue weighted by Gasteiger charge is -2.13. The number of halogens is 3. The van der Waals surface area contributed by atoms with Crippen LogP contribution in [0.2, 0.25) is 0 Å². The first kappa shape index (κ1) is 38.5. The minimum Gasteiger partial charge on any atom is -0.478 e. The minimum atomic E-state index is -4.84. The molecule has 0 fully saturated rings. The first-order valence-electron chi connectivity index (χ1n) is 16.0. The van der Waals surface area contributed by atoms with Crippen molar-refractivity contribution >= 4 is 41.3 Å². The second kappa shape index (κ2) is 18.7. The number of aromatic carboxylic acids is 1. The first-order chi connectivity index (χ1) is 25.6. The topological polar surface area (TPSA) is 157 Å². The van der Waals surface area contributed by atoms with Crippen molar-refractivity contribution in [2.24, 2.45) is 0 Å². The number of nitrogens with zero attached hydrogens (tertiary/aromatic N) is 4. The molecular weight excluding hydrogens is 734 g/mol. The molecule has 0 saturated carbocycles. The average molecular weight is 767 g/mol. The number of carboxylic acids is 1. The maximum absolute atomic E-state index is 13.6. The number of carbonyl (C=O) groups is 3. The molecule has 4 heterocycles. The molecule has 0 aliphatic carbocycles. The van der Waals surface area contributed by atoms with Gasteiger partial charge in [0.05, 0.1) is 64.5 Å². The molecule has 0 saturated heterocycles. The highest BCUT2D eigenvalue weighted by Gasteiger charge is 2.40. The van der Waals surface area contributed by atoms with E-state index in [1.54, 1.807) is 53.5 Å². The quantitative estimate of drug-likeness (QED) is 0.0933. The third-order valence-corrected chi connectivity index (χ3v) is 9.18. The molecule has 17 heteroatoms. The van der Waals surface area contributed by atoms with Gasteiger partial charge in [-0.25, -0.2) is 14.2 Å². The minimum absolute atomic E-state index is 0.0135. The van der Waals surface area contributed by atoms with E-state index in [9.17, 15) is 27.6 Å². The fraction of sp³-hybridized carbons (Fsp3) is 0.194. The number of rotatable bonds is 15. The Hall–Kier alpha value is -5.68. The Morgan fingerprint density at radius 3 is 1.87 bits per heavy atom. The molecule has 0 bridgehead atoms. The summed E-state index contributed by atoms with van der Waals surface area (Å²) in [5.74, 6) is 2.22. The van der Waals surface area contributed by atoms with E-state index >= 15 is 0 Å². The van der Waals surface area contributed by atoms with E-state index in [2.05, 4.69) is 20.8 Å². The van der Waals surface area contributed by atoms with Crippen LogP contribution in [0.5, 0.6) is 0 Å². The van der Waals surface area contributed by atoms with Gasteiger partial charge in [-0.1, -0.05) is 18.2 Å². The van der Waals surface area contributed by atoms with E-state index in [4.69, 9.17) is 13.9 Å². The summed E-state index contributed by atoms with van der Waals surface area (Å²) < 4.78 is 53.6. The van der Waals surface area contributed by atoms with E-state index in [0.29, 0.717) is 28.3 Å². The lowest BCUT2D eigenvalue weighted by atomic mass is 10.2. The number of hydrogen-bond donors (Lipinski definition) is 3. The number of furan rings is 2. The zero-order valence-electron chi connectivity index (χ0n) is 27.9. The molecule has 4 aromatic heterocycles. The summed E-state index contributed by atoms with van der Waals surface area (Å²) in [6.45, 7) is 0.778. The number of aromatic nitrogens is 4. The molecule has 53 heavy (non-hydrogen) atoms. The van der Waals surface area contributed by atoms with Gasteiger partial charge in [-0.05, 0) is 60.7 Å². The third kappa shape index (κ3) is 11.2. The van der Waals surface area contributed by atoms with Crippen LogP contribution in [0.3, 0.4) is 0 Å². The summed E-state index contributed by atoms with van der Waals surface area (Å²) in [4.78, 5) is 35.3. The van der Waals surface area contributed by atoms with Crippen molar-refractivity contribution in [1.82, 2.24) is 30.2 Å². The van der Waals surface area contributed by atoms with Crippen molar-refractivity contribution in [3.8, 4) is 11.4 Å². The van der Waals surface area contributed by atoms with Gasteiger partial charge in [0.15, 0.2) is 5.69 Å². The van der Waals surface area contributed by atoms with Gasteiger partial charge in [-0.2, -0.15) is 46.9 Å². The monoisotopic (exact) mass is 766 g/mol. The molecule has 6 rings (SSSR count). The molecule has 3 N–H and O–H groups in total. The maximum atomic E-state index is 13.6. The summed E-state index contributed by atoms with van der Waals surface area (Å²) in [7, 11) is 0. The zero-order valence-corrected chi connectivity index (χ0v) is 29.5. The highest BCUT2D eigenvalue weighted by Crippen LogP contribution is 2.33. The second-order valence-corrected chi connectivity index (χ2v) is 13.2. The van der Waals surface area contributed by atoms with Crippen LogP contribution in [0, 0.1) is 0 Å². The second-order valence-electron chi connectivity index (χ2n) is 11.0. The normalized spacial score (nSPS) is 11.1. The summed E-state index contributed by atoms with van der Waals surface area (Å²) in [5.41, 5.74) is -0.442. The van der Waals surface area contributed by atoms with Gasteiger partial charge in [0, 0.05) is 30.8 Å². The maximum Gasteiger partial charge on any atom is 0.434 e. The van der Waals surface area contributed by atoms with Gasteiger partial charge in [-0.15, -0.1) is 0 Å². The number of thioether (sulfide) groups is 2. The molecule has 12 nitrogen and oxygen atoms in total. The fourth-order valence-electron chi connectivity index (χ4n) is 4.70. The lowest BCUT2D eigenvalue weighted by molar-refractivity contribution is -0.143. The van der Waals surface area contributed by atoms with Crippen molar-refractivity contribution < 1.29 is 41.5 Å². The van der Waals surface area contributed by atoms with E-state index in [-0.39, 0.29) is 23.7 Å². The van der Waals surface area contributed by atoms with Gasteiger partial charge < -0.3 is 24.6 Å². The summed E-state index contributed by atoms with van der Waals surface area (Å²) in [5, 5.41) is 22.2. The Bertz CT molecular complexity index is 2050. The van der Waals surface area contributed by atoms with E-state index in [1.165, 1.54) is 23.9 Å². The van der Waals surface area contributed by atoms with Crippen LogP contribution in [0.4, 0.5) is 13.2 Å². The van der Waals surface area contributed by atoms with Crippen molar-refractivity contribution in [3.05, 3.63) is 144 Å². The predicted molar refractivity (Wildman–Crippen MR) is 193 cm³/mol. The van der Waals surface area contributed by atoms with Gasteiger partial charge in [0.2, 0.25) is 0 Å². The van der Waals surface area contributed by atoms with Crippen LogP contribution in [-0.4, -0.2) is 67.0 Å². The number of carbonyl (C=O) groups excluding carboxylic acids is 2.